The van der Waals surface area contributed by atoms with Crippen molar-refractivity contribution in [2.75, 3.05) is 19.2 Å². The molecule has 3 rings (SSSR count). The fraction of sp³-hybridized carbons (Fsp3) is 0.150. The zero-order valence-corrected chi connectivity index (χ0v) is 16.1. The van der Waals surface area contributed by atoms with Gasteiger partial charge >= 0.3 is 5.97 Å². The van der Waals surface area contributed by atoms with E-state index in [2.05, 4.69) is 5.10 Å². The number of methoxy groups -OCH3 is 2. The van der Waals surface area contributed by atoms with Crippen LogP contribution in [0.2, 0.25) is 5.02 Å². The third kappa shape index (κ3) is 3.57. The van der Waals surface area contributed by atoms with Crippen LogP contribution in [-0.2, 0) is 4.79 Å². The molecule has 7 nitrogen and oxygen atoms in total. The van der Waals surface area contributed by atoms with Crippen LogP contribution in [0.25, 0.3) is 6.08 Å². The van der Waals surface area contributed by atoms with Gasteiger partial charge in [-0.25, -0.2) is 4.79 Å². The minimum absolute atomic E-state index is 0.131. The van der Waals surface area contributed by atoms with E-state index in [1.807, 2.05) is 0 Å². The number of benzene rings is 2. The smallest absolute Gasteiger partial charge is 0.335 e. The Morgan fingerprint density at radius 3 is 2.43 bits per heavy atom. The first-order valence-corrected chi connectivity index (χ1v) is 8.60. The molecule has 0 fully saturated rings. The summed E-state index contributed by atoms with van der Waals surface area (Å²) in [4.78, 5) is 23.8. The summed E-state index contributed by atoms with van der Waals surface area (Å²) in [6.07, 6.45) is 1.67. The van der Waals surface area contributed by atoms with Crippen LogP contribution in [0.3, 0.4) is 0 Å². The quantitative estimate of drug-likeness (QED) is 0.770. The van der Waals surface area contributed by atoms with E-state index in [0.717, 1.165) is 0 Å². The number of aromatic carboxylic acids is 1. The Bertz CT molecular complexity index is 1010. The summed E-state index contributed by atoms with van der Waals surface area (Å²) in [7, 11) is 2.99. The van der Waals surface area contributed by atoms with Crippen molar-refractivity contribution in [1.82, 2.24) is 0 Å². The molecule has 0 aromatic heterocycles. The summed E-state index contributed by atoms with van der Waals surface area (Å²) >= 11 is 6.23. The van der Waals surface area contributed by atoms with E-state index < -0.39 is 5.97 Å². The van der Waals surface area contributed by atoms with Crippen LogP contribution < -0.4 is 14.5 Å². The summed E-state index contributed by atoms with van der Waals surface area (Å²) in [6.45, 7) is 1.72. The van der Waals surface area contributed by atoms with E-state index in [1.165, 1.54) is 43.5 Å². The number of hydrogen-bond donors (Lipinski definition) is 1. The summed E-state index contributed by atoms with van der Waals surface area (Å²) in [5.74, 6) is -0.506. The maximum atomic E-state index is 12.8. The van der Waals surface area contributed by atoms with Crippen LogP contribution in [0, 0.1) is 0 Å². The standard InChI is InChI=1S/C20H17ClN2O5/c1-11-15(8-12-9-16(21)18(28-3)17(10-12)27-2)19(24)23(22-11)14-6-4-13(5-7-14)20(25)26/h4-10H,1-3H3,(H,25,26)/b15-8+. The average molecular weight is 401 g/mol. The van der Waals surface area contributed by atoms with Crippen LogP contribution in [-0.4, -0.2) is 36.9 Å². The van der Waals surface area contributed by atoms with Crippen molar-refractivity contribution in [3.63, 3.8) is 0 Å². The molecule has 1 amide bonds. The van der Waals surface area contributed by atoms with E-state index in [4.69, 9.17) is 26.2 Å². The zero-order valence-electron chi connectivity index (χ0n) is 15.4. The Labute approximate surface area is 166 Å². The summed E-state index contributed by atoms with van der Waals surface area (Å²) < 4.78 is 10.5. The second-order valence-corrected chi connectivity index (χ2v) is 6.36. The second-order valence-electron chi connectivity index (χ2n) is 5.95. The number of anilines is 1. The Kier molecular flexibility index (Phi) is 5.37. The highest BCUT2D eigenvalue weighted by molar-refractivity contribution is 6.33. The van der Waals surface area contributed by atoms with Crippen molar-refractivity contribution >= 4 is 41.0 Å². The third-order valence-corrected chi connectivity index (χ3v) is 4.47. The molecule has 0 aliphatic carbocycles. The fourth-order valence-electron chi connectivity index (χ4n) is 2.79. The SMILES string of the molecule is COc1cc(/C=C2/C(=O)N(c3ccc(C(=O)O)cc3)N=C2C)cc(Cl)c1OC. The molecule has 8 heteroatoms. The monoisotopic (exact) mass is 400 g/mol. The lowest BCUT2D eigenvalue weighted by Gasteiger charge is -2.12. The second kappa shape index (κ2) is 7.74. The van der Waals surface area contributed by atoms with E-state index >= 15 is 0 Å². The van der Waals surface area contributed by atoms with Gasteiger partial charge in [0.05, 0.1) is 41.8 Å². The molecule has 1 N–H and O–H groups in total. The van der Waals surface area contributed by atoms with E-state index in [1.54, 1.807) is 25.1 Å². The predicted octanol–water partition coefficient (Wildman–Crippen LogP) is 3.86. The molecule has 0 radical (unpaired) electrons. The Morgan fingerprint density at radius 2 is 1.86 bits per heavy atom. The van der Waals surface area contributed by atoms with Gasteiger partial charge in [0.25, 0.3) is 5.91 Å². The van der Waals surface area contributed by atoms with Gasteiger partial charge in [0.2, 0.25) is 0 Å². The highest BCUT2D eigenvalue weighted by atomic mass is 35.5. The van der Waals surface area contributed by atoms with Crippen molar-refractivity contribution in [2.24, 2.45) is 5.10 Å². The number of halogens is 1. The van der Waals surface area contributed by atoms with Gasteiger partial charge in [-0.05, 0) is 55.0 Å². The van der Waals surface area contributed by atoms with Crippen molar-refractivity contribution < 1.29 is 24.2 Å². The molecule has 0 saturated heterocycles. The molecular weight excluding hydrogens is 384 g/mol. The fourth-order valence-corrected chi connectivity index (χ4v) is 3.09. The number of hydrazone groups is 1. The normalized spacial score (nSPS) is 15.0. The Balaban J connectivity index is 1.94. The topological polar surface area (TPSA) is 88.4 Å². The first-order chi connectivity index (χ1) is 13.3. The lowest BCUT2D eigenvalue weighted by atomic mass is 10.1. The number of carbonyl (C=O) groups excluding carboxylic acids is 1. The van der Waals surface area contributed by atoms with Gasteiger partial charge in [-0.1, -0.05) is 11.6 Å². The maximum Gasteiger partial charge on any atom is 0.335 e. The van der Waals surface area contributed by atoms with Crippen LogP contribution in [0.15, 0.2) is 47.1 Å². The lowest BCUT2D eigenvalue weighted by Crippen LogP contribution is -2.21. The highest BCUT2D eigenvalue weighted by Gasteiger charge is 2.29. The maximum absolute atomic E-state index is 12.8. The van der Waals surface area contributed by atoms with Crippen molar-refractivity contribution in [1.29, 1.82) is 0 Å². The molecule has 2 aromatic rings. The molecule has 0 atom stereocenters. The molecule has 1 heterocycles. The van der Waals surface area contributed by atoms with Crippen LogP contribution in [0.4, 0.5) is 5.69 Å². The molecule has 1 aliphatic heterocycles. The van der Waals surface area contributed by atoms with Crippen molar-refractivity contribution in [2.45, 2.75) is 6.92 Å². The minimum Gasteiger partial charge on any atom is -0.493 e. The molecule has 144 valence electrons. The number of amides is 1. The molecule has 28 heavy (non-hydrogen) atoms. The summed E-state index contributed by atoms with van der Waals surface area (Å²) in [6, 6.07) is 9.29. The number of carboxylic acids is 1. The largest absolute Gasteiger partial charge is 0.493 e. The van der Waals surface area contributed by atoms with Gasteiger partial charge in [0, 0.05) is 0 Å². The molecule has 0 spiro atoms. The molecule has 0 saturated carbocycles. The van der Waals surface area contributed by atoms with E-state index in [0.29, 0.717) is 39.1 Å². The molecule has 2 aromatic carbocycles. The van der Waals surface area contributed by atoms with Crippen LogP contribution in [0.5, 0.6) is 11.5 Å². The number of nitrogens with zero attached hydrogens (tertiary/aromatic N) is 2. The molecule has 0 unspecified atom stereocenters. The average Bonchev–Trinajstić information content (AvgIpc) is 2.95. The Morgan fingerprint density at radius 1 is 1.18 bits per heavy atom. The van der Waals surface area contributed by atoms with Gasteiger partial charge < -0.3 is 14.6 Å². The Hall–Kier alpha value is -3.32. The molecular formula is C20H17ClN2O5. The summed E-state index contributed by atoms with van der Waals surface area (Å²) in [5, 5.41) is 14.9. The van der Waals surface area contributed by atoms with Gasteiger partial charge in [-0.2, -0.15) is 10.1 Å². The van der Waals surface area contributed by atoms with Gasteiger partial charge in [-0.15, -0.1) is 0 Å². The van der Waals surface area contributed by atoms with E-state index in [-0.39, 0.29) is 11.5 Å². The number of carbonyl (C=O) groups is 2. The number of ether oxygens (including phenoxy) is 2. The first kappa shape index (κ1) is 19.4. The number of rotatable bonds is 5. The van der Waals surface area contributed by atoms with Gasteiger partial charge in [-0.3, -0.25) is 4.79 Å². The first-order valence-electron chi connectivity index (χ1n) is 8.22. The molecule has 1 aliphatic rings. The summed E-state index contributed by atoms with van der Waals surface area (Å²) in [5.41, 5.74) is 2.18. The number of carboxylic acid groups (broad SMARTS) is 1. The zero-order chi connectivity index (χ0) is 20.4. The highest BCUT2D eigenvalue weighted by Crippen LogP contribution is 2.37. The number of hydrogen-bond acceptors (Lipinski definition) is 5. The minimum atomic E-state index is -1.04. The predicted molar refractivity (Wildman–Crippen MR) is 107 cm³/mol. The van der Waals surface area contributed by atoms with Crippen molar-refractivity contribution in [3.8, 4) is 11.5 Å². The van der Waals surface area contributed by atoms with Crippen molar-refractivity contribution in [3.05, 3.63) is 58.1 Å². The van der Waals surface area contributed by atoms with Crippen LogP contribution in [0.1, 0.15) is 22.8 Å². The van der Waals surface area contributed by atoms with Crippen LogP contribution >= 0.6 is 11.6 Å². The molecule has 0 bridgehead atoms. The van der Waals surface area contributed by atoms with E-state index in [9.17, 15) is 9.59 Å². The van der Waals surface area contributed by atoms with Gasteiger partial charge in [0.15, 0.2) is 11.5 Å². The third-order valence-electron chi connectivity index (χ3n) is 4.19. The lowest BCUT2D eigenvalue weighted by molar-refractivity contribution is -0.114. The van der Waals surface area contributed by atoms with Gasteiger partial charge in [0.1, 0.15) is 0 Å².